The molecule has 0 aromatic carbocycles. The Morgan fingerprint density at radius 2 is 2.22 bits per heavy atom. The predicted octanol–water partition coefficient (Wildman–Crippen LogP) is 4.23. The summed E-state index contributed by atoms with van der Waals surface area (Å²) >= 11 is 5.17. The summed E-state index contributed by atoms with van der Waals surface area (Å²) in [6, 6.07) is 8.06. The van der Waals surface area contributed by atoms with E-state index in [1.807, 2.05) is 24.4 Å². The molecule has 4 heterocycles. The van der Waals surface area contributed by atoms with Crippen LogP contribution in [0, 0.1) is 0 Å². The first-order valence-corrected chi connectivity index (χ1v) is 8.74. The number of pyridine rings is 1. The van der Waals surface area contributed by atoms with Crippen LogP contribution in [0.15, 0.2) is 58.1 Å². The molecular formula is C16H12BrN5S. The van der Waals surface area contributed by atoms with E-state index in [2.05, 4.69) is 48.2 Å². The zero-order valence-corrected chi connectivity index (χ0v) is 14.4. The normalized spacial score (nSPS) is 11.0. The number of anilines is 1. The Hall–Kier alpha value is -2.25. The molecule has 0 aliphatic heterocycles. The molecule has 114 valence electrons. The van der Waals surface area contributed by atoms with E-state index in [4.69, 9.17) is 4.98 Å². The number of aromatic nitrogens is 4. The summed E-state index contributed by atoms with van der Waals surface area (Å²) in [4.78, 5) is 8.84. The van der Waals surface area contributed by atoms with E-state index in [1.165, 1.54) is 0 Å². The van der Waals surface area contributed by atoms with E-state index >= 15 is 0 Å². The van der Waals surface area contributed by atoms with Crippen molar-refractivity contribution in [1.29, 1.82) is 0 Å². The Labute approximate surface area is 145 Å². The van der Waals surface area contributed by atoms with Gasteiger partial charge in [0.2, 0.25) is 0 Å². The molecule has 0 fully saturated rings. The lowest BCUT2D eigenvalue weighted by Gasteiger charge is -2.10. The SMILES string of the molecule is Brc1cnn2c(NCc3cccnc3)cc(-c3ccsc3)nc12. The van der Waals surface area contributed by atoms with Gasteiger partial charge in [0, 0.05) is 35.9 Å². The lowest BCUT2D eigenvalue weighted by Crippen LogP contribution is -2.06. The van der Waals surface area contributed by atoms with Crippen LogP contribution >= 0.6 is 27.3 Å². The summed E-state index contributed by atoms with van der Waals surface area (Å²) in [7, 11) is 0. The molecule has 0 bridgehead atoms. The first kappa shape index (κ1) is 14.3. The molecule has 5 nitrogen and oxygen atoms in total. The maximum absolute atomic E-state index is 4.70. The van der Waals surface area contributed by atoms with Crippen molar-refractivity contribution in [2.75, 3.05) is 5.32 Å². The highest BCUT2D eigenvalue weighted by Crippen LogP contribution is 2.27. The molecule has 0 unspecified atom stereocenters. The lowest BCUT2D eigenvalue weighted by molar-refractivity contribution is 0.925. The minimum atomic E-state index is 0.674. The van der Waals surface area contributed by atoms with E-state index in [9.17, 15) is 0 Å². The molecule has 4 rings (SSSR count). The lowest BCUT2D eigenvalue weighted by atomic mass is 10.2. The fourth-order valence-electron chi connectivity index (χ4n) is 2.32. The number of rotatable bonds is 4. The van der Waals surface area contributed by atoms with E-state index in [-0.39, 0.29) is 0 Å². The van der Waals surface area contributed by atoms with Gasteiger partial charge in [-0.15, -0.1) is 0 Å². The van der Waals surface area contributed by atoms with Crippen LogP contribution in [0.25, 0.3) is 16.9 Å². The quantitative estimate of drug-likeness (QED) is 0.571. The highest BCUT2D eigenvalue weighted by Gasteiger charge is 2.11. The van der Waals surface area contributed by atoms with Crippen LogP contribution in [0.4, 0.5) is 5.82 Å². The molecular weight excluding hydrogens is 374 g/mol. The van der Waals surface area contributed by atoms with Crippen LogP contribution in [0.5, 0.6) is 0 Å². The Balaban J connectivity index is 1.75. The fraction of sp³-hybridized carbons (Fsp3) is 0.0625. The van der Waals surface area contributed by atoms with Gasteiger partial charge in [-0.05, 0) is 39.0 Å². The van der Waals surface area contributed by atoms with Crippen molar-refractivity contribution in [3.8, 4) is 11.3 Å². The van der Waals surface area contributed by atoms with Gasteiger partial charge >= 0.3 is 0 Å². The molecule has 0 amide bonds. The number of hydrogen-bond acceptors (Lipinski definition) is 5. The van der Waals surface area contributed by atoms with Crippen molar-refractivity contribution in [2.45, 2.75) is 6.54 Å². The van der Waals surface area contributed by atoms with Crippen LogP contribution in [0.1, 0.15) is 5.56 Å². The topological polar surface area (TPSA) is 55.1 Å². The third-order valence-corrected chi connectivity index (χ3v) is 4.68. The molecule has 0 aliphatic carbocycles. The second kappa shape index (κ2) is 6.10. The first-order valence-electron chi connectivity index (χ1n) is 7.01. The Morgan fingerprint density at radius 3 is 3.00 bits per heavy atom. The summed E-state index contributed by atoms with van der Waals surface area (Å²) in [5.74, 6) is 0.894. The second-order valence-electron chi connectivity index (χ2n) is 4.98. The zero-order chi connectivity index (χ0) is 15.6. The first-order chi connectivity index (χ1) is 11.3. The maximum Gasteiger partial charge on any atom is 0.172 e. The monoisotopic (exact) mass is 385 g/mol. The molecule has 7 heteroatoms. The van der Waals surface area contributed by atoms with Gasteiger partial charge < -0.3 is 5.32 Å². The number of fused-ring (bicyclic) bond motifs is 1. The van der Waals surface area contributed by atoms with Crippen molar-refractivity contribution in [2.24, 2.45) is 0 Å². The van der Waals surface area contributed by atoms with Gasteiger partial charge in [0.1, 0.15) is 5.82 Å². The fourth-order valence-corrected chi connectivity index (χ4v) is 3.31. The molecule has 4 aromatic heterocycles. The molecule has 0 radical (unpaired) electrons. The summed E-state index contributed by atoms with van der Waals surface area (Å²) in [5, 5.41) is 11.9. The third kappa shape index (κ3) is 2.85. The number of nitrogens with one attached hydrogen (secondary N) is 1. The van der Waals surface area contributed by atoms with Crippen molar-refractivity contribution in [1.82, 2.24) is 19.6 Å². The van der Waals surface area contributed by atoms with Crippen molar-refractivity contribution in [3.05, 3.63) is 63.7 Å². The van der Waals surface area contributed by atoms with Gasteiger partial charge in [-0.25, -0.2) is 4.98 Å². The summed E-state index contributed by atoms with van der Waals surface area (Å²) in [5.41, 5.74) is 3.94. The molecule has 4 aromatic rings. The average molecular weight is 386 g/mol. The number of hydrogen-bond donors (Lipinski definition) is 1. The standard InChI is InChI=1S/C16H12BrN5S/c17-13-9-20-22-15(19-8-11-2-1-4-18-7-11)6-14(21-16(13)22)12-3-5-23-10-12/h1-7,9-10,19H,8H2. The minimum Gasteiger partial charge on any atom is -0.366 e. The number of nitrogens with zero attached hydrogens (tertiary/aromatic N) is 4. The van der Waals surface area contributed by atoms with Gasteiger partial charge in [0.15, 0.2) is 5.65 Å². The largest absolute Gasteiger partial charge is 0.366 e. The number of halogens is 1. The number of thiophene rings is 1. The maximum atomic E-state index is 4.70. The summed E-state index contributed by atoms with van der Waals surface area (Å²) in [6.07, 6.45) is 5.38. The van der Waals surface area contributed by atoms with E-state index in [0.29, 0.717) is 6.54 Å². The van der Waals surface area contributed by atoms with Gasteiger partial charge in [-0.2, -0.15) is 21.0 Å². The van der Waals surface area contributed by atoms with Crippen LogP contribution in [0.2, 0.25) is 0 Å². The predicted molar refractivity (Wildman–Crippen MR) is 95.6 cm³/mol. The third-order valence-electron chi connectivity index (χ3n) is 3.44. The minimum absolute atomic E-state index is 0.674. The molecule has 23 heavy (non-hydrogen) atoms. The molecule has 1 N–H and O–H groups in total. The van der Waals surface area contributed by atoms with Crippen molar-refractivity contribution in [3.63, 3.8) is 0 Å². The van der Waals surface area contributed by atoms with Crippen LogP contribution < -0.4 is 5.32 Å². The highest BCUT2D eigenvalue weighted by molar-refractivity contribution is 9.10. The van der Waals surface area contributed by atoms with Gasteiger partial charge in [0.05, 0.1) is 16.4 Å². The van der Waals surface area contributed by atoms with Gasteiger partial charge in [-0.3, -0.25) is 4.98 Å². The van der Waals surface area contributed by atoms with Crippen LogP contribution in [0.3, 0.4) is 0 Å². The smallest absolute Gasteiger partial charge is 0.172 e. The molecule has 0 saturated carbocycles. The molecule has 0 atom stereocenters. The molecule has 0 saturated heterocycles. The Kier molecular flexibility index (Phi) is 3.80. The Bertz CT molecular complexity index is 934. The highest BCUT2D eigenvalue weighted by atomic mass is 79.9. The van der Waals surface area contributed by atoms with Crippen molar-refractivity contribution >= 4 is 38.7 Å². The van der Waals surface area contributed by atoms with E-state index < -0.39 is 0 Å². The zero-order valence-electron chi connectivity index (χ0n) is 12.0. The van der Waals surface area contributed by atoms with Crippen LogP contribution in [-0.2, 0) is 6.54 Å². The molecule has 0 aliphatic rings. The van der Waals surface area contributed by atoms with E-state index in [0.717, 1.165) is 32.8 Å². The van der Waals surface area contributed by atoms with Crippen LogP contribution in [-0.4, -0.2) is 19.6 Å². The van der Waals surface area contributed by atoms with Gasteiger partial charge in [0.25, 0.3) is 0 Å². The van der Waals surface area contributed by atoms with Crippen molar-refractivity contribution < 1.29 is 0 Å². The summed E-state index contributed by atoms with van der Waals surface area (Å²) in [6.45, 7) is 0.674. The molecule has 0 spiro atoms. The Morgan fingerprint density at radius 1 is 1.26 bits per heavy atom. The summed E-state index contributed by atoms with van der Waals surface area (Å²) < 4.78 is 2.68. The second-order valence-corrected chi connectivity index (χ2v) is 6.62. The van der Waals surface area contributed by atoms with Gasteiger partial charge in [-0.1, -0.05) is 6.07 Å². The average Bonchev–Trinajstić information content (AvgIpc) is 3.24. The van der Waals surface area contributed by atoms with E-state index in [1.54, 1.807) is 28.2 Å².